The lowest BCUT2D eigenvalue weighted by Gasteiger charge is -2.08. The molecular weight excluding hydrogens is 351 g/mol. The third kappa shape index (κ3) is 3.47. The van der Waals surface area contributed by atoms with Gasteiger partial charge in [0, 0.05) is 21.3 Å². The molecule has 3 nitrogen and oxygen atoms in total. The maximum atomic E-state index is 12.1. The van der Waals surface area contributed by atoms with E-state index < -0.39 is 0 Å². The Kier molecular flexibility index (Phi) is 4.45. The standard InChI is InChI=1S/C13H9BrCl2N2O/c1-7-2-3-8(4-10(7)15)13(19)18-11-5-9(14)6-17-12(11)16/h2-6H,1H3,(H,18,19). The molecule has 1 amide bonds. The summed E-state index contributed by atoms with van der Waals surface area (Å²) in [6, 6.07) is 6.79. The quantitative estimate of drug-likeness (QED) is 0.789. The van der Waals surface area contributed by atoms with Gasteiger partial charge in [-0.15, -0.1) is 0 Å². The number of benzene rings is 1. The number of nitrogens with one attached hydrogen (secondary N) is 1. The minimum Gasteiger partial charge on any atom is -0.319 e. The largest absolute Gasteiger partial charge is 0.319 e. The molecule has 0 radical (unpaired) electrons. The molecule has 1 aromatic carbocycles. The highest BCUT2D eigenvalue weighted by atomic mass is 79.9. The molecule has 0 spiro atoms. The number of hydrogen-bond acceptors (Lipinski definition) is 2. The summed E-state index contributed by atoms with van der Waals surface area (Å²) in [4.78, 5) is 16.0. The maximum Gasteiger partial charge on any atom is 0.255 e. The van der Waals surface area contributed by atoms with E-state index in [1.807, 2.05) is 6.92 Å². The minimum atomic E-state index is -0.288. The molecule has 6 heteroatoms. The normalized spacial score (nSPS) is 10.3. The number of carbonyl (C=O) groups excluding carboxylic acids is 1. The summed E-state index contributed by atoms with van der Waals surface area (Å²) in [5, 5.41) is 3.47. The number of rotatable bonds is 2. The lowest BCUT2D eigenvalue weighted by Crippen LogP contribution is -2.12. The molecule has 2 aromatic rings. The fourth-order valence-electron chi connectivity index (χ4n) is 1.44. The zero-order chi connectivity index (χ0) is 14.0. The van der Waals surface area contributed by atoms with Crippen LogP contribution in [0.2, 0.25) is 10.2 Å². The van der Waals surface area contributed by atoms with E-state index in [1.165, 1.54) is 0 Å². The molecule has 0 saturated carbocycles. The van der Waals surface area contributed by atoms with E-state index in [1.54, 1.807) is 30.5 Å². The molecule has 98 valence electrons. The van der Waals surface area contributed by atoms with Crippen LogP contribution in [0.3, 0.4) is 0 Å². The van der Waals surface area contributed by atoms with Crippen molar-refractivity contribution in [3.63, 3.8) is 0 Å². The molecule has 19 heavy (non-hydrogen) atoms. The van der Waals surface area contributed by atoms with Crippen molar-refractivity contribution in [2.75, 3.05) is 5.32 Å². The minimum absolute atomic E-state index is 0.231. The van der Waals surface area contributed by atoms with Crippen LogP contribution < -0.4 is 5.32 Å². The van der Waals surface area contributed by atoms with Crippen molar-refractivity contribution in [2.45, 2.75) is 6.92 Å². The Hall–Kier alpha value is -1.10. The van der Waals surface area contributed by atoms with Gasteiger partial charge in [0.2, 0.25) is 0 Å². The van der Waals surface area contributed by atoms with Gasteiger partial charge in [0.1, 0.15) is 0 Å². The lowest BCUT2D eigenvalue weighted by atomic mass is 10.1. The van der Waals surface area contributed by atoms with E-state index in [2.05, 4.69) is 26.2 Å². The van der Waals surface area contributed by atoms with Crippen molar-refractivity contribution in [1.82, 2.24) is 4.98 Å². The van der Waals surface area contributed by atoms with E-state index >= 15 is 0 Å². The molecule has 0 aliphatic rings. The van der Waals surface area contributed by atoms with Crippen LogP contribution in [0, 0.1) is 6.92 Å². The topological polar surface area (TPSA) is 42.0 Å². The second-order valence-electron chi connectivity index (χ2n) is 3.91. The Morgan fingerprint density at radius 1 is 1.32 bits per heavy atom. The Labute approximate surface area is 129 Å². The molecular formula is C13H9BrCl2N2O. The third-order valence-electron chi connectivity index (χ3n) is 2.49. The first kappa shape index (κ1) is 14.3. The van der Waals surface area contributed by atoms with Gasteiger partial charge in [0.15, 0.2) is 5.15 Å². The molecule has 0 saturated heterocycles. The van der Waals surface area contributed by atoms with Gasteiger partial charge in [-0.3, -0.25) is 4.79 Å². The van der Waals surface area contributed by atoms with Gasteiger partial charge in [-0.1, -0.05) is 29.3 Å². The maximum absolute atomic E-state index is 12.1. The lowest BCUT2D eigenvalue weighted by molar-refractivity contribution is 0.102. The van der Waals surface area contributed by atoms with Gasteiger partial charge in [0.25, 0.3) is 5.91 Å². The fourth-order valence-corrected chi connectivity index (χ4v) is 2.10. The highest BCUT2D eigenvalue weighted by Crippen LogP contribution is 2.24. The van der Waals surface area contributed by atoms with Crippen molar-refractivity contribution in [3.8, 4) is 0 Å². The van der Waals surface area contributed by atoms with Crippen LogP contribution in [-0.4, -0.2) is 10.9 Å². The van der Waals surface area contributed by atoms with E-state index in [0.717, 1.165) is 10.0 Å². The third-order valence-corrected chi connectivity index (χ3v) is 3.63. The Morgan fingerprint density at radius 3 is 2.74 bits per heavy atom. The summed E-state index contributed by atoms with van der Waals surface area (Å²) < 4.78 is 0.731. The number of nitrogens with zero attached hydrogens (tertiary/aromatic N) is 1. The smallest absolute Gasteiger partial charge is 0.255 e. The van der Waals surface area contributed by atoms with Crippen molar-refractivity contribution in [1.29, 1.82) is 0 Å². The van der Waals surface area contributed by atoms with Gasteiger partial charge in [-0.25, -0.2) is 4.98 Å². The number of hydrogen-bond donors (Lipinski definition) is 1. The summed E-state index contributed by atoms with van der Waals surface area (Å²) in [5.41, 5.74) is 1.82. The number of halogens is 3. The summed E-state index contributed by atoms with van der Waals surface area (Å²) >= 11 is 15.2. The molecule has 0 aliphatic carbocycles. The van der Waals surface area contributed by atoms with Crippen molar-refractivity contribution in [3.05, 3.63) is 56.2 Å². The summed E-state index contributed by atoms with van der Waals surface area (Å²) in [6.45, 7) is 1.87. The molecule has 0 fully saturated rings. The van der Waals surface area contributed by atoms with Gasteiger partial charge in [-0.05, 0) is 46.6 Å². The number of aromatic nitrogens is 1. The van der Waals surface area contributed by atoms with Crippen LogP contribution in [0.25, 0.3) is 0 Å². The average Bonchev–Trinajstić information content (AvgIpc) is 2.37. The number of anilines is 1. The van der Waals surface area contributed by atoms with Crippen molar-refractivity contribution in [2.24, 2.45) is 0 Å². The van der Waals surface area contributed by atoms with Gasteiger partial charge in [0.05, 0.1) is 5.69 Å². The van der Waals surface area contributed by atoms with E-state index in [9.17, 15) is 4.79 Å². The number of amides is 1. The second kappa shape index (κ2) is 5.90. The highest BCUT2D eigenvalue weighted by molar-refractivity contribution is 9.10. The van der Waals surface area contributed by atoms with Crippen LogP contribution in [0.4, 0.5) is 5.69 Å². The fraction of sp³-hybridized carbons (Fsp3) is 0.0769. The molecule has 1 heterocycles. The van der Waals surface area contributed by atoms with Gasteiger partial charge in [-0.2, -0.15) is 0 Å². The first-order chi connectivity index (χ1) is 8.97. The second-order valence-corrected chi connectivity index (χ2v) is 5.59. The van der Waals surface area contributed by atoms with Crippen molar-refractivity contribution < 1.29 is 4.79 Å². The van der Waals surface area contributed by atoms with Crippen LogP contribution in [0.1, 0.15) is 15.9 Å². The molecule has 0 bridgehead atoms. The molecule has 0 atom stereocenters. The first-order valence-electron chi connectivity index (χ1n) is 5.36. The zero-order valence-electron chi connectivity index (χ0n) is 9.88. The van der Waals surface area contributed by atoms with Gasteiger partial charge < -0.3 is 5.32 Å². The van der Waals surface area contributed by atoms with Crippen LogP contribution in [0.5, 0.6) is 0 Å². The predicted molar refractivity (Wildman–Crippen MR) is 81.1 cm³/mol. The number of carbonyl (C=O) groups is 1. The Bertz CT molecular complexity index is 647. The van der Waals surface area contributed by atoms with Gasteiger partial charge >= 0.3 is 0 Å². The molecule has 0 aliphatic heterocycles. The molecule has 0 unspecified atom stereocenters. The molecule has 2 rings (SSSR count). The van der Waals surface area contributed by atoms with Crippen LogP contribution in [0.15, 0.2) is 34.9 Å². The van der Waals surface area contributed by atoms with E-state index in [-0.39, 0.29) is 11.1 Å². The number of pyridine rings is 1. The van der Waals surface area contributed by atoms with Crippen LogP contribution >= 0.6 is 39.1 Å². The van der Waals surface area contributed by atoms with E-state index in [4.69, 9.17) is 23.2 Å². The van der Waals surface area contributed by atoms with Crippen molar-refractivity contribution >= 4 is 50.7 Å². The Balaban J connectivity index is 2.25. The predicted octanol–water partition coefficient (Wildman–Crippen LogP) is 4.71. The molecule has 1 N–H and O–H groups in total. The first-order valence-corrected chi connectivity index (χ1v) is 6.91. The SMILES string of the molecule is Cc1ccc(C(=O)Nc2cc(Br)cnc2Cl)cc1Cl. The highest BCUT2D eigenvalue weighted by Gasteiger charge is 2.10. The Morgan fingerprint density at radius 2 is 2.05 bits per heavy atom. The number of aryl methyl sites for hydroxylation is 1. The zero-order valence-corrected chi connectivity index (χ0v) is 13.0. The van der Waals surface area contributed by atoms with Crippen LogP contribution in [-0.2, 0) is 0 Å². The molecule has 1 aromatic heterocycles. The van der Waals surface area contributed by atoms with E-state index in [0.29, 0.717) is 16.3 Å². The summed E-state index contributed by atoms with van der Waals surface area (Å²) in [6.07, 6.45) is 1.56. The average molecular weight is 360 g/mol. The summed E-state index contributed by atoms with van der Waals surface area (Å²) in [7, 11) is 0. The summed E-state index contributed by atoms with van der Waals surface area (Å²) in [5.74, 6) is -0.288. The monoisotopic (exact) mass is 358 g/mol.